The second-order valence-electron chi connectivity index (χ2n) is 4.78. The Hall–Kier alpha value is -1.46. The fraction of sp³-hybridized carbons (Fsp3) is 0.462. The number of nitrogens with one attached hydrogen (secondary N) is 1. The maximum Gasteiger partial charge on any atom is 0.337 e. The molecule has 0 amide bonds. The lowest BCUT2D eigenvalue weighted by Gasteiger charge is -2.26. The summed E-state index contributed by atoms with van der Waals surface area (Å²) in [6.45, 7) is 6.74. The number of rotatable bonds is 6. The molecule has 0 saturated carbocycles. The predicted octanol–water partition coefficient (Wildman–Crippen LogP) is 2.85. The van der Waals surface area contributed by atoms with Crippen molar-refractivity contribution in [3.63, 3.8) is 0 Å². The minimum absolute atomic E-state index is 0.0531. The van der Waals surface area contributed by atoms with Crippen molar-refractivity contribution < 1.29 is 14.6 Å². The van der Waals surface area contributed by atoms with E-state index in [2.05, 4.69) is 5.32 Å². The number of carboxylic acids is 1. The van der Waals surface area contributed by atoms with Gasteiger partial charge in [-0.05, 0) is 32.9 Å². The van der Waals surface area contributed by atoms with Crippen LogP contribution in [-0.4, -0.2) is 29.8 Å². The highest BCUT2D eigenvalue weighted by Crippen LogP contribution is 2.30. The molecule has 0 aromatic heterocycles. The highest BCUT2D eigenvalue weighted by Gasteiger charge is 2.20. The zero-order chi connectivity index (χ0) is 14.6. The third-order valence-corrected chi connectivity index (χ3v) is 2.87. The molecule has 0 saturated heterocycles. The van der Waals surface area contributed by atoms with Gasteiger partial charge >= 0.3 is 5.97 Å². The Bertz CT molecular complexity index is 475. The van der Waals surface area contributed by atoms with Gasteiger partial charge in [0.2, 0.25) is 0 Å². The first-order valence-electron chi connectivity index (χ1n) is 5.97. The molecule has 0 bridgehead atoms. The van der Waals surface area contributed by atoms with Gasteiger partial charge in [0.1, 0.15) is 0 Å². The van der Waals surface area contributed by atoms with Crippen molar-refractivity contribution >= 4 is 28.9 Å². The molecule has 0 atom stereocenters. The van der Waals surface area contributed by atoms with Crippen LogP contribution >= 0.6 is 11.6 Å². The normalized spacial score (nSPS) is 11.4. The summed E-state index contributed by atoms with van der Waals surface area (Å²) in [5.41, 5.74) is 5.90. The predicted molar refractivity (Wildman–Crippen MR) is 77.0 cm³/mol. The summed E-state index contributed by atoms with van der Waals surface area (Å²) in [6.07, 6.45) is 0. The van der Waals surface area contributed by atoms with E-state index in [4.69, 9.17) is 27.2 Å². The molecule has 0 radical (unpaired) electrons. The Balaban J connectivity index is 2.98. The maximum absolute atomic E-state index is 11.2. The zero-order valence-corrected chi connectivity index (χ0v) is 12.0. The smallest absolute Gasteiger partial charge is 0.337 e. The minimum atomic E-state index is -1.08. The first-order chi connectivity index (χ1) is 8.76. The second-order valence-corrected chi connectivity index (χ2v) is 5.18. The Morgan fingerprint density at radius 2 is 2.16 bits per heavy atom. The van der Waals surface area contributed by atoms with Crippen molar-refractivity contribution in [1.82, 2.24) is 0 Å². The van der Waals surface area contributed by atoms with E-state index in [-0.39, 0.29) is 10.6 Å². The van der Waals surface area contributed by atoms with E-state index in [1.54, 1.807) is 0 Å². The number of ether oxygens (including phenoxy) is 1. The van der Waals surface area contributed by atoms with Crippen LogP contribution in [0.3, 0.4) is 0 Å². The summed E-state index contributed by atoms with van der Waals surface area (Å²) in [6, 6.07) is 2.90. The van der Waals surface area contributed by atoms with Crippen LogP contribution < -0.4 is 11.1 Å². The lowest BCUT2D eigenvalue weighted by atomic mass is 10.1. The van der Waals surface area contributed by atoms with Crippen molar-refractivity contribution in [2.24, 2.45) is 0 Å². The van der Waals surface area contributed by atoms with E-state index in [1.807, 2.05) is 20.8 Å². The van der Waals surface area contributed by atoms with E-state index in [9.17, 15) is 4.79 Å². The fourth-order valence-corrected chi connectivity index (χ4v) is 2.01. The molecule has 1 rings (SSSR count). The Labute approximate surface area is 117 Å². The van der Waals surface area contributed by atoms with Crippen LogP contribution in [0.1, 0.15) is 31.1 Å². The third kappa shape index (κ3) is 4.29. The van der Waals surface area contributed by atoms with Gasteiger partial charge in [-0.3, -0.25) is 0 Å². The van der Waals surface area contributed by atoms with Gasteiger partial charge in [-0.25, -0.2) is 4.79 Å². The molecule has 4 N–H and O–H groups in total. The van der Waals surface area contributed by atoms with Crippen molar-refractivity contribution in [1.29, 1.82) is 0 Å². The molecule has 0 aliphatic carbocycles. The van der Waals surface area contributed by atoms with Crippen molar-refractivity contribution in [2.75, 3.05) is 24.2 Å². The molecule has 0 unspecified atom stereocenters. The van der Waals surface area contributed by atoms with Crippen LogP contribution in [0.25, 0.3) is 0 Å². The van der Waals surface area contributed by atoms with E-state index < -0.39 is 11.6 Å². The van der Waals surface area contributed by atoms with Gasteiger partial charge < -0.3 is 20.9 Å². The SMILES string of the molecule is CCOC(C)(C)CNc1c(Cl)cc(N)cc1C(=O)O. The summed E-state index contributed by atoms with van der Waals surface area (Å²) in [7, 11) is 0. The molecule has 0 heterocycles. The number of halogens is 1. The van der Waals surface area contributed by atoms with E-state index in [0.29, 0.717) is 24.5 Å². The van der Waals surface area contributed by atoms with Crippen LogP contribution in [0.15, 0.2) is 12.1 Å². The molecule has 106 valence electrons. The van der Waals surface area contributed by atoms with Gasteiger partial charge in [0, 0.05) is 18.8 Å². The molecular formula is C13H19ClN2O3. The number of aromatic carboxylic acids is 1. The highest BCUT2D eigenvalue weighted by atomic mass is 35.5. The number of anilines is 2. The molecular weight excluding hydrogens is 268 g/mol. The lowest BCUT2D eigenvalue weighted by molar-refractivity contribution is 0.000662. The molecule has 0 aliphatic rings. The number of benzene rings is 1. The summed E-state index contributed by atoms with van der Waals surface area (Å²) in [5, 5.41) is 12.5. The van der Waals surface area contributed by atoms with E-state index in [0.717, 1.165) is 0 Å². The van der Waals surface area contributed by atoms with Gasteiger partial charge in [0.05, 0.1) is 21.9 Å². The van der Waals surface area contributed by atoms with Crippen LogP contribution in [0.4, 0.5) is 11.4 Å². The standard InChI is InChI=1S/C13H19ClN2O3/c1-4-19-13(2,3)7-16-11-9(12(17)18)5-8(15)6-10(11)14/h5-6,16H,4,7,15H2,1-3H3,(H,17,18). The summed E-state index contributed by atoms with van der Waals surface area (Å²) in [4.78, 5) is 11.2. The van der Waals surface area contributed by atoms with Gasteiger partial charge in [-0.15, -0.1) is 0 Å². The number of carboxylic acid groups (broad SMARTS) is 1. The van der Waals surface area contributed by atoms with Gasteiger partial charge in [0.25, 0.3) is 0 Å². The van der Waals surface area contributed by atoms with Crippen LogP contribution in [0, 0.1) is 0 Å². The molecule has 0 fully saturated rings. The van der Waals surface area contributed by atoms with Crippen LogP contribution in [0.5, 0.6) is 0 Å². The number of hydrogen-bond donors (Lipinski definition) is 3. The minimum Gasteiger partial charge on any atom is -0.478 e. The first-order valence-corrected chi connectivity index (χ1v) is 6.35. The molecule has 1 aromatic carbocycles. The first kappa shape index (κ1) is 15.6. The molecule has 1 aromatic rings. The van der Waals surface area contributed by atoms with Crippen molar-refractivity contribution in [2.45, 2.75) is 26.4 Å². The monoisotopic (exact) mass is 286 g/mol. The van der Waals surface area contributed by atoms with Crippen LogP contribution in [-0.2, 0) is 4.74 Å². The topological polar surface area (TPSA) is 84.6 Å². The molecule has 6 heteroatoms. The highest BCUT2D eigenvalue weighted by molar-refractivity contribution is 6.34. The van der Waals surface area contributed by atoms with E-state index >= 15 is 0 Å². The number of nitrogens with two attached hydrogens (primary N) is 1. The Kier molecular flexibility index (Phi) is 5.03. The average molecular weight is 287 g/mol. The molecule has 0 aliphatic heterocycles. The van der Waals surface area contributed by atoms with Crippen molar-refractivity contribution in [3.8, 4) is 0 Å². The van der Waals surface area contributed by atoms with Crippen molar-refractivity contribution in [3.05, 3.63) is 22.7 Å². The third-order valence-electron chi connectivity index (χ3n) is 2.57. The number of hydrogen-bond acceptors (Lipinski definition) is 4. The van der Waals surface area contributed by atoms with Gasteiger partial charge in [0.15, 0.2) is 0 Å². The Morgan fingerprint density at radius 1 is 1.53 bits per heavy atom. The summed E-state index contributed by atoms with van der Waals surface area (Å²) < 4.78 is 5.54. The second kappa shape index (κ2) is 6.12. The largest absolute Gasteiger partial charge is 0.478 e. The summed E-state index contributed by atoms with van der Waals surface area (Å²) >= 11 is 6.04. The molecule has 0 spiro atoms. The molecule has 5 nitrogen and oxygen atoms in total. The Morgan fingerprint density at radius 3 is 2.68 bits per heavy atom. The summed E-state index contributed by atoms with van der Waals surface area (Å²) in [5.74, 6) is -1.08. The lowest BCUT2D eigenvalue weighted by Crippen LogP contribution is -2.33. The zero-order valence-electron chi connectivity index (χ0n) is 11.3. The van der Waals surface area contributed by atoms with Gasteiger partial charge in [-0.1, -0.05) is 11.6 Å². The fourth-order valence-electron chi connectivity index (χ4n) is 1.72. The average Bonchev–Trinajstić information content (AvgIpc) is 2.26. The molecule has 19 heavy (non-hydrogen) atoms. The van der Waals surface area contributed by atoms with Gasteiger partial charge in [-0.2, -0.15) is 0 Å². The number of carbonyl (C=O) groups is 1. The number of nitrogen functional groups attached to an aromatic ring is 1. The maximum atomic E-state index is 11.2. The van der Waals surface area contributed by atoms with Crippen LogP contribution in [0.2, 0.25) is 5.02 Å². The van der Waals surface area contributed by atoms with E-state index in [1.165, 1.54) is 12.1 Å². The quantitative estimate of drug-likeness (QED) is 0.700.